The van der Waals surface area contributed by atoms with Crippen molar-refractivity contribution in [2.24, 2.45) is 0 Å². The van der Waals surface area contributed by atoms with Crippen molar-refractivity contribution in [2.75, 3.05) is 18.5 Å². The molecule has 1 unspecified atom stereocenters. The average molecular weight is 348 g/mol. The molecule has 1 aromatic carbocycles. The van der Waals surface area contributed by atoms with Crippen LogP contribution in [-0.4, -0.2) is 34.9 Å². The Hall–Kier alpha value is -3.33. The molecule has 1 aliphatic rings. The summed E-state index contributed by atoms with van der Waals surface area (Å²) in [7, 11) is 1.66. The van der Waals surface area contributed by atoms with Crippen LogP contribution in [0.2, 0.25) is 0 Å². The Bertz CT molecular complexity index is 905. The highest BCUT2D eigenvalue weighted by molar-refractivity contribution is 6.01. The zero-order valence-corrected chi connectivity index (χ0v) is 14.8. The van der Waals surface area contributed by atoms with E-state index in [0.717, 1.165) is 5.69 Å². The van der Waals surface area contributed by atoms with Crippen LogP contribution >= 0.6 is 0 Å². The van der Waals surface area contributed by atoms with E-state index in [0.29, 0.717) is 30.0 Å². The second kappa shape index (κ2) is 6.89. The van der Waals surface area contributed by atoms with Crippen molar-refractivity contribution < 1.29 is 9.59 Å². The molecule has 0 aliphatic carbocycles. The van der Waals surface area contributed by atoms with E-state index in [2.05, 4.69) is 12.6 Å². The molecule has 1 aromatic heterocycles. The smallest absolute Gasteiger partial charge is 0.254 e. The molecule has 2 amide bonds. The van der Waals surface area contributed by atoms with Crippen LogP contribution < -0.4 is 4.90 Å². The molecule has 0 N–H and O–H groups in total. The van der Waals surface area contributed by atoms with E-state index in [4.69, 9.17) is 5.26 Å². The van der Waals surface area contributed by atoms with Crippen LogP contribution in [-0.2, 0) is 11.3 Å². The van der Waals surface area contributed by atoms with E-state index in [-0.39, 0.29) is 17.9 Å². The molecule has 1 aliphatic heterocycles. The number of nitriles is 1. The van der Waals surface area contributed by atoms with Crippen molar-refractivity contribution in [2.45, 2.75) is 19.5 Å². The molecule has 26 heavy (non-hydrogen) atoms. The third-order valence-electron chi connectivity index (χ3n) is 4.86. The topological polar surface area (TPSA) is 69.3 Å². The van der Waals surface area contributed by atoms with E-state index < -0.39 is 0 Å². The molecule has 6 nitrogen and oxygen atoms in total. The first-order valence-electron chi connectivity index (χ1n) is 8.38. The summed E-state index contributed by atoms with van der Waals surface area (Å²) in [4.78, 5) is 27.9. The number of amides is 2. The summed E-state index contributed by atoms with van der Waals surface area (Å²) >= 11 is 0. The van der Waals surface area contributed by atoms with Gasteiger partial charge < -0.3 is 14.4 Å². The maximum atomic E-state index is 12.9. The van der Waals surface area contributed by atoms with Crippen molar-refractivity contribution >= 4 is 17.5 Å². The molecule has 3 rings (SSSR count). The van der Waals surface area contributed by atoms with Crippen molar-refractivity contribution in [1.29, 1.82) is 5.26 Å². The molecule has 0 fully saturated rings. The number of rotatable bonds is 3. The minimum absolute atomic E-state index is 0.0623. The molecule has 0 saturated heterocycles. The zero-order valence-electron chi connectivity index (χ0n) is 14.8. The standard InChI is InChI=1S/C20H20N4O2/c1-4-19(25)22(3)16-7-5-15(6-8-16)20(26)23-11-12-24-17(13-21)9-10-18(24)14(23)2/h4-10,14H,1,11-12H2,2-3H3. The first kappa shape index (κ1) is 17.5. The molecule has 2 aromatic rings. The SMILES string of the molecule is C=CC(=O)N(C)c1ccc(C(=O)N2CCn3c(C#N)ccc3C2C)cc1. The van der Waals surface area contributed by atoms with E-state index in [1.165, 1.54) is 11.0 Å². The molecular weight excluding hydrogens is 328 g/mol. The summed E-state index contributed by atoms with van der Waals surface area (Å²) < 4.78 is 1.97. The molecule has 2 heterocycles. The van der Waals surface area contributed by atoms with Crippen LogP contribution in [0.1, 0.15) is 34.7 Å². The van der Waals surface area contributed by atoms with Gasteiger partial charge in [0.15, 0.2) is 0 Å². The van der Waals surface area contributed by atoms with Gasteiger partial charge in [0, 0.05) is 37.1 Å². The predicted octanol–water partition coefficient (Wildman–Crippen LogP) is 2.73. The Morgan fingerprint density at radius 3 is 2.54 bits per heavy atom. The van der Waals surface area contributed by atoms with Crippen molar-refractivity contribution in [3.05, 3.63) is 66.0 Å². The van der Waals surface area contributed by atoms with E-state index in [1.807, 2.05) is 22.5 Å². The fourth-order valence-corrected chi connectivity index (χ4v) is 3.29. The van der Waals surface area contributed by atoms with Crippen LogP contribution in [0.4, 0.5) is 5.69 Å². The molecule has 1 atom stereocenters. The van der Waals surface area contributed by atoms with Crippen molar-refractivity contribution in [3.63, 3.8) is 0 Å². The summed E-state index contributed by atoms with van der Waals surface area (Å²) in [5.74, 6) is -0.268. The number of aromatic nitrogens is 1. The maximum Gasteiger partial charge on any atom is 0.254 e. The van der Waals surface area contributed by atoms with Gasteiger partial charge in [0.05, 0.1) is 6.04 Å². The fourth-order valence-electron chi connectivity index (χ4n) is 3.29. The van der Waals surface area contributed by atoms with Gasteiger partial charge in [-0.25, -0.2) is 0 Å². The molecule has 0 radical (unpaired) electrons. The zero-order chi connectivity index (χ0) is 18.8. The minimum Gasteiger partial charge on any atom is -0.333 e. The number of hydrogen-bond donors (Lipinski definition) is 0. The molecule has 132 valence electrons. The van der Waals surface area contributed by atoms with Crippen LogP contribution in [0, 0.1) is 11.3 Å². The van der Waals surface area contributed by atoms with Crippen molar-refractivity contribution in [1.82, 2.24) is 9.47 Å². The average Bonchev–Trinajstić information content (AvgIpc) is 3.10. The largest absolute Gasteiger partial charge is 0.333 e. The Balaban J connectivity index is 1.81. The van der Waals surface area contributed by atoms with Gasteiger partial charge >= 0.3 is 0 Å². The summed E-state index contributed by atoms with van der Waals surface area (Å²) in [6.07, 6.45) is 1.25. The third kappa shape index (κ3) is 2.88. The van der Waals surface area contributed by atoms with E-state index in [9.17, 15) is 9.59 Å². The van der Waals surface area contributed by atoms with E-state index >= 15 is 0 Å². The van der Waals surface area contributed by atoms with Gasteiger partial charge in [-0.2, -0.15) is 5.26 Å². The predicted molar refractivity (Wildman–Crippen MR) is 98.6 cm³/mol. The highest BCUT2D eigenvalue weighted by Gasteiger charge is 2.29. The van der Waals surface area contributed by atoms with E-state index in [1.54, 1.807) is 37.4 Å². The molecule has 0 spiro atoms. The van der Waals surface area contributed by atoms with Gasteiger partial charge in [-0.15, -0.1) is 0 Å². The number of anilines is 1. The number of carbonyl (C=O) groups excluding carboxylic acids is 2. The maximum absolute atomic E-state index is 12.9. The second-order valence-electron chi connectivity index (χ2n) is 6.23. The Morgan fingerprint density at radius 1 is 1.23 bits per heavy atom. The van der Waals surface area contributed by atoms with Crippen LogP contribution in [0.25, 0.3) is 0 Å². The second-order valence-corrected chi connectivity index (χ2v) is 6.23. The Kier molecular flexibility index (Phi) is 4.63. The van der Waals surface area contributed by atoms with Gasteiger partial charge in [-0.1, -0.05) is 6.58 Å². The van der Waals surface area contributed by atoms with Crippen LogP contribution in [0.15, 0.2) is 49.1 Å². The summed E-state index contributed by atoms with van der Waals surface area (Å²) in [5.41, 5.74) is 2.86. The van der Waals surface area contributed by atoms with Gasteiger partial charge in [0.1, 0.15) is 11.8 Å². The molecule has 0 bridgehead atoms. The normalized spacial score (nSPS) is 15.7. The third-order valence-corrected chi connectivity index (χ3v) is 4.86. The summed E-state index contributed by atoms with van der Waals surface area (Å²) in [6.45, 7) is 6.60. The lowest BCUT2D eigenvalue weighted by atomic mass is 10.1. The van der Waals surface area contributed by atoms with Gasteiger partial charge in [0.2, 0.25) is 5.91 Å². The Labute approximate surface area is 152 Å². The summed E-state index contributed by atoms with van der Waals surface area (Å²) in [5, 5.41) is 9.16. The van der Waals surface area contributed by atoms with Crippen molar-refractivity contribution in [3.8, 4) is 6.07 Å². The highest BCUT2D eigenvalue weighted by atomic mass is 16.2. The highest BCUT2D eigenvalue weighted by Crippen LogP contribution is 2.29. The Morgan fingerprint density at radius 2 is 1.92 bits per heavy atom. The number of carbonyl (C=O) groups is 2. The first-order chi connectivity index (χ1) is 12.5. The van der Waals surface area contributed by atoms with Gasteiger partial charge in [-0.05, 0) is 49.4 Å². The lowest BCUT2D eigenvalue weighted by Crippen LogP contribution is -2.41. The fraction of sp³-hybridized carbons (Fsp3) is 0.250. The first-order valence-corrected chi connectivity index (χ1v) is 8.38. The van der Waals surface area contributed by atoms with Gasteiger partial charge in [-0.3, -0.25) is 9.59 Å². The quantitative estimate of drug-likeness (QED) is 0.801. The lowest BCUT2D eigenvalue weighted by molar-refractivity contribution is -0.113. The number of likely N-dealkylation sites (N-methyl/N-ethyl adjacent to an activating group) is 1. The number of nitrogens with zero attached hydrogens (tertiary/aromatic N) is 4. The molecule has 0 saturated carbocycles. The number of hydrogen-bond acceptors (Lipinski definition) is 3. The summed E-state index contributed by atoms with van der Waals surface area (Å²) in [6, 6.07) is 12.7. The molecule has 6 heteroatoms. The number of fused-ring (bicyclic) bond motifs is 1. The lowest BCUT2D eigenvalue weighted by Gasteiger charge is -2.35. The molecular formula is C20H20N4O2. The van der Waals surface area contributed by atoms with Gasteiger partial charge in [0.25, 0.3) is 5.91 Å². The van der Waals surface area contributed by atoms with Crippen LogP contribution in [0.3, 0.4) is 0 Å². The number of benzene rings is 1. The minimum atomic E-state index is -0.206. The van der Waals surface area contributed by atoms with Crippen LogP contribution in [0.5, 0.6) is 0 Å². The monoisotopic (exact) mass is 348 g/mol.